The third-order valence-corrected chi connectivity index (χ3v) is 13.6. The van der Waals surface area contributed by atoms with Gasteiger partial charge in [-0.25, -0.2) is 14.8 Å². The molecular formula is C44H54N10O5. The molecule has 1 aromatic heterocycles. The number of nitrogens with two attached hydrogens (primary N) is 1. The van der Waals surface area contributed by atoms with E-state index in [1.165, 1.54) is 5.56 Å². The van der Waals surface area contributed by atoms with Gasteiger partial charge in [0.15, 0.2) is 0 Å². The summed E-state index contributed by atoms with van der Waals surface area (Å²) in [6.45, 7) is 8.53. The molecule has 59 heavy (non-hydrogen) atoms. The van der Waals surface area contributed by atoms with Gasteiger partial charge in [0.05, 0.1) is 17.9 Å². The van der Waals surface area contributed by atoms with E-state index in [2.05, 4.69) is 55.3 Å². The number of benzene rings is 2. The van der Waals surface area contributed by atoms with Crippen LogP contribution in [0, 0.1) is 5.92 Å². The first-order valence-electron chi connectivity index (χ1n) is 21.3. The van der Waals surface area contributed by atoms with Gasteiger partial charge in [0.2, 0.25) is 11.8 Å². The molecule has 15 heteroatoms. The van der Waals surface area contributed by atoms with E-state index in [1.807, 2.05) is 24.1 Å². The summed E-state index contributed by atoms with van der Waals surface area (Å²) in [6, 6.07) is 14.4. The van der Waals surface area contributed by atoms with Gasteiger partial charge in [-0.2, -0.15) is 0 Å². The quantitative estimate of drug-likeness (QED) is 0.291. The predicted octanol–water partition coefficient (Wildman–Crippen LogP) is 2.97. The fraction of sp³-hybridized carbons (Fsp3) is 0.523. The average molecular weight is 803 g/mol. The van der Waals surface area contributed by atoms with E-state index in [9.17, 15) is 24.0 Å². The Hall–Kier alpha value is -5.57. The number of aromatic nitrogens is 2. The molecule has 310 valence electrons. The number of hydrogen-bond acceptors (Lipinski definition) is 10. The molecule has 0 saturated carbocycles. The maximum absolute atomic E-state index is 13.2. The van der Waals surface area contributed by atoms with Crippen molar-refractivity contribution in [3.05, 3.63) is 82.3 Å². The first-order valence-corrected chi connectivity index (χ1v) is 21.3. The van der Waals surface area contributed by atoms with Crippen LogP contribution in [0.3, 0.4) is 0 Å². The lowest BCUT2D eigenvalue weighted by Crippen LogP contribution is -2.52. The summed E-state index contributed by atoms with van der Waals surface area (Å²) in [5, 5.41) is 2.38. The van der Waals surface area contributed by atoms with E-state index in [0.29, 0.717) is 54.8 Å². The monoisotopic (exact) mass is 802 g/mol. The zero-order chi connectivity index (χ0) is 40.8. The first kappa shape index (κ1) is 38.9. The summed E-state index contributed by atoms with van der Waals surface area (Å²) >= 11 is 0. The number of likely N-dealkylation sites (tertiary alicyclic amines) is 1. The SMILES string of the molecule is CN1CCN([C@@H]2CCCN(c3cnc(C(N)=O)c(Cc4ccc(C5CCN(C[C@H]6CCN(c7ccc8c(c7)CN(C7CCC(=O)NC7=O)C8=O)C6)CC5)cc4)n3)C2)C1=O. The van der Waals surface area contributed by atoms with Crippen LogP contribution in [0.2, 0.25) is 0 Å². The number of carbonyl (C=O) groups is 5. The minimum Gasteiger partial charge on any atom is -0.371 e. The van der Waals surface area contributed by atoms with Crippen LogP contribution in [0.4, 0.5) is 16.3 Å². The number of primary amides is 1. The van der Waals surface area contributed by atoms with Gasteiger partial charge in [-0.05, 0) is 98.3 Å². The number of piperidine rings is 3. The molecule has 3 N–H and O–H groups in total. The number of anilines is 2. The van der Waals surface area contributed by atoms with Gasteiger partial charge >= 0.3 is 6.03 Å². The first-order chi connectivity index (χ1) is 28.6. The molecule has 15 nitrogen and oxygen atoms in total. The average Bonchev–Trinajstić information content (AvgIpc) is 3.94. The van der Waals surface area contributed by atoms with E-state index >= 15 is 0 Å². The third-order valence-electron chi connectivity index (χ3n) is 13.6. The highest BCUT2D eigenvalue weighted by Gasteiger charge is 2.40. The molecule has 6 aliphatic heterocycles. The number of fused-ring (bicyclic) bond motifs is 1. The number of likely N-dealkylation sites (N-methyl/N-ethyl adjacent to an activating group) is 1. The van der Waals surface area contributed by atoms with E-state index < -0.39 is 11.9 Å². The van der Waals surface area contributed by atoms with Crippen molar-refractivity contribution in [3.8, 4) is 0 Å². The van der Waals surface area contributed by atoms with Crippen LogP contribution < -0.4 is 20.9 Å². The van der Waals surface area contributed by atoms with Gasteiger partial charge in [0, 0.05) is 83.5 Å². The molecule has 3 aromatic rings. The van der Waals surface area contributed by atoms with Crippen molar-refractivity contribution in [2.24, 2.45) is 11.7 Å². The Labute approximate surface area is 344 Å². The summed E-state index contributed by atoms with van der Waals surface area (Å²) < 4.78 is 0. The molecule has 9 rings (SSSR count). The van der Waals surface area contributed by atoms with E-state index in [4.69, 9.17) is 10.7 Å². The van der Waals surface area contributed by atoms with Crippen LogP contribution in [0.5, 0.6) is 0 Å². The Kier molecular flexibility index (Phi) is 10.7. The highest BCUT2D eigenvalue weighted by molar-refractivity contribution is 6.05. The molecule has 0 aliphatic carbocycles. The van der Waals surface area contributed by atoms with Crippen LogP contribution in [-0.2, 0) is 22.6 Å². The second-order valence-corrected chi connectivity index (χ2v) is 17.4. The van der Waals surface area contributed by atoms with Crippen LogP contribution in [-0.4, -0.2) is 137 Å². The zero-order valence-corrected chi connectivity index (χ0v) is 33.9. The molecule has 7 heterocycles. The van der Waals surface area contributed by atoms with Gasteiger partial charge in [-0.1, -0.05) is 24.3 Å². The molecule has 1 unspecified atom stereocenters. The summed E-state index contributed by atoms with van der Waals surface area (Å²) in [5.41, 5.74) is 11.6. The van der Waals surface area contributed by atoms with Crippen LogP contribution in [0.15, 0.2) is 48.7 Å². The molecule has 0 radical (unpaired) electrons. The van der Waals surface area contributed by atoms with Crippen molar-refractivity contribution in [1.29, 1.82) is 0 Å². The summed E-state index contributed by atoms with van der Waals surface area (Å²) in [6.07, 6.45) is 7.95. The lowest BCUT2D eigenvalue weighted by Gasteiger charge is -2.37. The standard InChI is InChI=1S/C44H54N10O5/c1-49-19-20-53(44(49)59)34-3-2-15-52(27-34)38-23-46-40(41(45)56)36(47-38)21-28-4-6-30(7-5-28)31-13-16-50(17-14-31)24-29-12-18-51(25-29)33-8-9-35-32(22-33)26-54(43(35)58)37-10-11-39(55)48-42(37)57/h4-9,22-23,29,31,34,37H,2-3,10-21,24-27H2,1H3,(H2,45,56)(H,48,55,57)/t29-,34-,37?/m1/s1. The number of hydrogen-bond donors (Lipinski definition) is 2. The zero-order valence-electron chi connectivity index (χ0n) is 33.9. The number of carbonyl (C=O) groups excluding carboxylic acids is 5. The maximum Gasteiger partial charge on any atom is 0.320 e. The normalized spacial score (nSPS) is 24.4. The van der Waals surface area contributed by atoms with E-state index in [-0.39, 0.29) is 41.9 Å². The third kappa shape index (κ3) is 7.96. The fourth-order valence-electron chi connectivity index (χ4n) is 10.2. The Morgan fingerprint density at radius 1 is 0.864 bits per heavy atom. The number of urea groups is 1. The van der Waals surface area contributed by atoms with Crippen LogP contribution in [0.1, 0.15) is 94.1 Å². The predicted molar refractivity (Wildman–Crippen MR) is 221 cm³/mol. The molecule has 5 saturated heterocycles. The van der Waals surface area contributed by atoms with Gasteiger partial charge < -0.3 is 35.1 Å². The van der Waals surface area contributed by atoms with Gasteiger partial charge in [-0.15, -0.1) is 0 Å². The molecular weight excluding hydrogens is 749 g/mol. The molecule has 5 fully saturated rings. The summed E-state index contributed by atoms with van der Waals surface area (Å²) in [4.78, 5) is 84.4. The van der Waals surface area contributed by atoms with E-state index in [1.54, 1.807) is 16.0 Å². The molecule has 2 aromatic carbocycles. The highest BCUT2D eigenvalue weighted by atomic mass is 16.2. The minimum absolute atomic E-state index is 0.0800. The molecule has 0 bridgehead atoms. The molecule has 0 spiro atoms. The van der Waals surface area contributed by atoms with Crippen molar-refractivity contribution in [2.75, 3.05) is 75.8 Å². The van der Waals surface area contributed by atoms with Gasteiger partial charge in [-0.3, -0.25) is 24.5 Å². The lowest BCUT2D eigenvalue weighted by atomic mass is 9.88. The van der Waals surface area contributed by atoms with Crippen LogP contribution in [0.25, 0.3) is 0 Å². The van der Waals surface area contributed by atoms with Gasteiger partial charge in [0.25, 0.3) is 11.8 Å². The fourth-order valence-corrected chi connectivity index (χ4v) is 10.2. The largest absolute Gasteiger partial charge is 0.371 e. The molecule has 6 aliphatic rings. The van der Waals surface area contributed by atoms with Crippen molar-refractivity contribution in [1.82, 2.24) is 34.9 Å². The number of nitrogens with zero attached hydrogens (tertiary/aromatic N) is 8. The Morgan fingerprint density at radius 3 is 2.42 bits per heavy atom. The van der Waals surface area contributed by atoms with Crippen molar-refractivity contribution in [2.45, 2.75) is 75.9 Å². The summed E-state index contributed by atoms with van der Waals surface area (Å²) in [5.74, 6) is 0.392. The lowest BCUT2D eigenvalue weighted by molar-refractivity contribution is -0.136. The second kappa shape index (κ2) is 16.2. The van der Waals surface area contributed by atoms with Crippen molar-refractivity contribution in [3.63, 3.8) is 0 Å². The Bertz CT molecular complexity index is 2140. The minimum atomic E-state index is -0.602. The molecule has 3 atom stereocenters. The van der Waals surface area contributed by atoms with Crippen molar-refractivity contribution >= 4 is 41.2 Å². The Balaban J connectivity index is 0.764. The van der Waals surface area contributed by atoms with Crippen molar-refractivity contribution < 1.29 is 24.0 Å². The number of nitrogens with one attached hydrogen (secondary N) is 1. The van der Waals surface area contributed by atoms with Crippen LogP contribution >= 0.6 is 0 Å². The second-order valence-electron chi connectivity index (χ2n) is 17.4. The highest BCUT2D eigenvalue weighted by Crippen LogP contribution is 2.34. The maximum atomic E-state index is 13.2. The molecule has 6 amide bonds. The summed E-state index contributed by atoms with van der Waals surface area (Å²) in [7, 11) is 1.85. The number of rotatable bonds is 10. The topological polar surface area (TPSA) is 169 Å². The smallest absolute Gasteiger partial charge is 0.320 e. The number of amides is 6. The van der Waals surface area contributed by atoms with Gasteiger partial charge in [0.1, 0.15) is 17.6 Å². The van der Waals surface area contributed by atoms with E-state index in [0.717, 1.165) is 101 Å². The number of imide groups is 1. The Morgan fingerprint density at radius 2 is 1.68 bits per heavy atom.